The molecule has 1 N–H and O–H groups in total. The summed E-state index contributed by atoms with van der Waals surface area (Å²) in [4.78, 5) is 40.4. The predicted octanol–water partition coefficient (Wildman–Crippen LogP) is 3.03. The second kappa shape index (κ2) is 6.99. The average molecular weight is 498 g/mol. The first-order valence-electron chi connectivity index (χ1n) is 9.33. The van der Waals surface area contributed by atoms with Gasteiger partial charge in [-0.3, -0.25) is 19.3 Å². The fraction of sp³-hybridized carbons (Fsp3) is 0.550. The lowest BCUT2D eigenvalue weighted by Gasteiger charge is -2.28. The molecule has 2 saturated carbocycles. The Hall–Kier alpha value is -1.21. The van der Waals surface area contributed by atoms with Crippen LogP contribution in [0.15, 0.2) is 30.3 Å². The van der Waals surface area contributed by atoms with Crippen LogP contribution in [0.1, 0.15) is 31.9 Å². The lowest BCUT2D eigenvalue weighted by molar-refractivity contribution is -0.148. The molecular weight excluding hydrogens is 476 g/mol. The Bertz CT molecular complexity index is 755. The minimum absolute atomic E-state index is 0.157. The van der Waals surface area contributed by atoms with Crippen molar-refractivity contribution >= 4 is 49.6 Å². The molecule has 0 radical (unpaired) electrons. The van der Waals surface area contributed by atoms with E-state index in [1.807, 2.05) is 37.3 Å². The summed E-state index contributed by atoms with van der Waals surface area (Å²) < 4.78 is 0. The molecule has 3 aliphatic rings. The molecule has 5 nitrogen and oxygen atoms in total. The summed E-state index contributed by atoms with van der Waals surface area (Å²) >= 11 is 7.36. The van der Waals surface area contributed by atoms with E-state index in [0.717, 1.165) is 12.0 Å². The molecule has 7 heteroatoms. The van der Waals surface area contributed by atoms with Crippen LogP contribution in [-0.2, 0) is 14.4 Å². The molecule has 3 amide bonds. The first-order chi connectivity index (χ1) is 12.8. The maximum absolute atomic E-state index is 13.0. The maximum atomic E-state index is 13.0. The Morgan fingerprint density at radius 3 is 2.07 bits per heavy atom. The molecule has 0 aromatic heterocycles. The van der Waals surface area contributed by atoms with Crippen LogP contribution in [0.25, 0.3) is 0 Å². The van der Waals surface area contributed by atoms with Crippen molar-refractivity contribution in [3.63, 3.8) is 0 Å². The summed E-state index contributed by atoms with van der Waals surface area (Å²) in [5, 5.41) is 2.93. The summed E-state index contributed by atoms with van der Waals surface area (Å²) in [6, 6.07) is 8.64. The van der Waals surface area contributed by atoms with E-state index in [1.54, 1.807) is 6.92 Å². The summed E-state index contributed by atoms with van der Waals surface area (Å²) in [6.45, 7) is 3.54. The second-order valence-corrected chi connectivity index (χ2v) is 9.98. The molecule has 1 aromatic rings. The summed E-state index contributed by atoms with van der Waals surface area (Å²) in [7, 11) is 0. The highest BCUT2D eigenvalue weighted by molar-refractivity contribution is 9.12. The van der Waals surface area contributed by atoms with Gasteiger partial charge < -0.3 is 5.32 Å². The molecular formula is C20H22Br2N2O3. The number of carbonyl (C=O) groups excluding carboxylic acids is 3. The van der Waals surface area contributed by atoms with Gasteiger partial charge in [-0.2, -0.15) is 0 Å². The maximum Gasteiger partial charge on any atom is 0.243 e. The highest BCUT2D eigenvalue weighted by atomic mass is 79.9. The number of fused-ring (bicyclic) bond motifs is 5. The number of carbonyl (C=O) groups is 3. The molecule has 4 rings (SSSR count). The second-order valence-electron chi connectivity index (χ2n) is 7.87. The van der Waals surface area contributed by atoms with Gasteiger partial charge in [-0.25, -0.2) is 0 Å². The number of hydrogen-bond donors (Lipinski definition) is 1. The zero-order chi connectivity index (χ0) is 19.5. The monoisotopic (exact) mass is 496 g/mol. The number of benzene rings is 1. The van der Waals surface area contributed by atoms with Crippen LogP contribution in [0.5, 0.6) is 0 Å². The van der Waals surface area contributed by atoms with Crippen LogP contribution in [-0.4, -0.2) is 38.3 Å². The van der Waals surface area contributed by atoms with Gasteiger partial charge in [0.1, 0.15) is 6.04 Å². The fourth-order valence-electron chi connectivity index (χ4n) is 5.03. The molecule has 2 bridgehead atoms. The van der Waals surface area contributed by atoms with Crippen molar-refractivity contribution in [2.75, 3.05) is 0 Å². The number of halogens is 2. The Kier molecular flexibility index (Phi) is 4.95. The molecule has 0 spiro atoms. The number of alkyl halides is 2. The van der Waals surface area contributed by atoms with E-state index >= 15 is 0 Å². The lowest BCUT2D eigenvalue weighted by Crippen LogP contribution is -2.49. The molecule has 144 valence electrons. The van der Waals surface area contributed by atoms with Crippen LogP contribution in [0, 0.1) is 23.7 Å². The standard InChI is InChI=1S/C20H22Br2N2O3/c1-9(11-6-4-3-5-7-11)23-18(25)10(2)24-19(26)14-12-8-13(15(14)20(24)27)17(22)16(12)21/h3-7,9-10,12-17H,8H2,1-2H3,(H,23,25)/t9-,10-,12+,13+,14-,15+,16-,17-/m0/s1. The third kappa shape index (κ3) is 2.89. The van der Waals surface area contributed by atoms with Crippen molar-refractivity contribution in [2.45, 2.75) is 42.0 Å². The molecule has 8 atom stereocenters. The van der Waals surface area contributed by atoms with E-state index in [0.29, 0.717) is 0 Å². The molecule has 27 heavy (non-hydrogen) atoms. The normalized spacial score (nSPS) is 36.7. The summed E-state index contributed by atoms with van der Waals surface area (Å²) in [5.74, 6) is -0.933. The first kappa shape index (κ1) is 19.1. The fourth-order valence-corrected chi connectivity index (χ4v) is 6.90. The highest BCUT2D eigenvalue weighted by Crippen LogP contribution is 2.60. The van der Waals surface area contributed by atoms with E-state index in [-0.39, 0.29) is 57.1 Å². The van der Waals surface area contributed by atoms with Crippen molar-refractivity contribution in [1.29, 1.82) is 0 Å². The van der Waals surface area contributed by atoms with Crippen molar-refractivity contribution in [3.05, 3.63) is 35.9 Å². The largest absolute Gasteiger partial charge is 0.348 e. The summed E-state index contributed by atoms with van der Waals surface area (Å²) in [5.41, 5.74) is 0.983. The van der Waals surface area contributed by atoms with Crippen LogP contribution >= 0.6 is 31.9 Å². The third-order valence-electron chi connectivity index (χ3n) is 6.45. The van der Waals surface area contributed by atoms with E-state index in [4.69, 9.17) is 0 Å². The Balaban J connectivity index is 1.49. The molecule has 2 aliphatic carbocycles. The minimum atomic E-state index is -0.802. The highest BCUT2D eigenvalue weighted by Gasteiger charge is 2.67. The van der Waals surface area contributed by atoms with Crippen LogP contribution in [0.3, 0.4) is 0 Å². The van der Waals surface area contributed by atoms with Crippen molar-refractivity contribution < 1.29 is 14.4 Å². The van der Waals surface area contributed by atoms with Gasteiger partial charge in [-0.15, -0.1) is 0 Å². The van der Waals surface area contributed by atoms with Gasteiger partial charge in [0, 0.05) is 9.65 Å². The van der Waals surface area contributed by atoms with Crippen molar-refractivity contribution in [3.8, 4) is 0 Å². The first-order valence-corrected chi connectivity index (χ1v) is 11.2. The van der Waals surface area contributed by atoms with E-state index in [9.17, 15) is 14.4 Å². The number of hydrogen-bond acceptors (Lipinski definition) is 3. The van der Waals surface area contributed by atoms with Crippen LogP contribution in [0.4, 0.5) is 0 Å². The minimum Gasteiger partial charge on any atom is -0.348 e. The van der Waals surface area contributed by atoms with Gasteiger partial charge in [0.05, 0.1) is 17.9 Å². The Labute approximate surface area is 175 Å². The summed E-state index contributed by atoms with van der Waals surface area (Å²) in [6.07, 6.45) is 0.887. The Morgan fingerprint density at radius 2 is 1.56 bits per heavy atom. The number of likely N-dealkylation sites (tertiary alicyclic amines) is 1. The van der Waals surface area contributed by atoms with Gasteiger partial charge in [0.25, 0.3) is 0 Å². The molecule has 1 saturated heterocycles. The van der Waals surface area contributed by atoms with Crippen molar-refractivity contribution in [2.24, 2.45) is 23.7 Å². The molecule has 1 aliphatic heterocycles. The van der Waals surface area contributed by atoms with E-state index in [2.05, 4.69) is 37.2 Å². The predicted molar refractivity (Wildman–Crippen MR) is 108 cm³/mol. The zero-order valence-corrected chi connectivity index (χ0v) is 18.3. The average Bonchev–Trinajstić information content (AvgIpc) is 3.26. The van der Waals surface area contributed by atoms with Crippen LogP contribution in [0.2, 0.25) is 0 Å². The zero-order valence-electron chi connectivity index (χ0n) is 15.1. The third-order valence-corrected chi connectivity index (χ3v) is 9.65. The van der Waals surface area contributed by atoms with Gasteiger partial charge in [-0.05, 0) is 37.7 Å². The van der Waals surface area contributed by atoms with E-state index in [1.165, 1.54) is 4.90 Å². The molecule has 0 unspecified atom stereocenters. The SMILES string of the molecule is C[C@H](NC(=O)[C@H](C)N1C(=O)[C@@H]2[C@H]3C[C@@H]([C@H](Br)[C@H]3Br)[C@@H]2C1=O)c1ccccc1. The lowest BCUT2D eigenvalue weighted by atomic mass is 9.81. The van der Waals surface area contributed by atoms with Gasteiger partial charge in [-0.1, -0.05) is 62.2 Å². The van der Waals surface area contributed by atoms with Gasteiger partial charge >= 0.3 is 0 Å². The Morgan fingerprint density at radius 1 is 1.04 bits per heavy atom. The number of imide groups is 1. The molecule has 1 aromatic carbocycles. The van der Waals surface area contributed by atoms with Crippen LogP contribution < -0.4 is 5.32 Å². The smallest absolute Gasteiger partial charge is 0.243 e. The quantitative estimate of drug-likeness (QED) is 0.513. The number of rotatable bonds is 4. The number of nitrogens with one attached hydrogen (secondary N) is 1. The van der Waals surface area contributed by atoms with Gasteiger partial charge in [0.15, 0.2) is 0 Å². The van der Waals surface area contributed by atoms with Gasteiger partial charge in [0.2, 0.25) is 17.7 Å². The number of nitrogens with zero attached hydrogens (tertiary/aromatic N) is 1. The van der Waals surface area contributed by atoms with E-state index < -0.39 is 6.04 Å². The molecule has 3 fully saturated rings. The topological polar surface area (TPSA) is 66.5 Å². The number of amides is 3. The molecule has 1 heterocycles. The van der Waals surface area contributed by atoms with Crippen molar-refractivity contribution in [1.82, 2.24) is 10.2 Å².